The summed E-state index contributed by atoms with van der Waals surface area (Å²) < 4.78 is 16.5. The summed E-state index contributed by atoms with van der Waals surface area (Å²) in [5.74, 6) is -0.882. The zero-order chi connectivity index (χ0) is 42.3. The smallest absolute Gasteiger partial charge is 0.306 e. The highest BCUT2D eigenvalue weighted by Gasteiger charge is 2.19. The Morgan fingerprint density at radius 1 is 0.276 bits per heavy atom. The first-order chi connectivity index (χ1) is 28.5. The fourth-order valence-corrected chi connectivity index (χ4v) is 7.92. The van der Waals surface area contributed by atoms with Crippen LogP contribution >= 0.6 is 0 Å². The maximum atomic E-state index is 12.5. The maximum absolute atomic E-state index is 12.5. The number of carbonyl (C=O) groups is 3. The molecule has 6 nitrogen and oxygen atoms in total. The van der Waals surface area contributed by atoms with Crippen LogP contribution in [0.25, 0.3) is 0 Å². The molecule has 0 bridgehead atoms. The molecule has 0 aromatic heterocycles. The standard InChI is InChI=1S/C52H100O6/c1-4-7-10-13-14-15-16-17-18-19-20-21-22-23-24-25-26-27-28-29-30-31-32-33-34-35-36-37-40-42-45-51(54)57-48-49(58-52(55)46-43-39-12-9-6-3)47-56-50(53)44-41-38-11-8-5-2/h49H,4-48H2,1-3H3. The second-order valence-corrected chi connectivity index (χ2v) is 17.8. The topological polar surface area (TPSA) is 78.9 Å². The van der Waals surface area contributed by atoms with E-state index in [-0.39, 0.29) is 31.1 Å². The third kappa shape index (κ3) is 45.5. The van der Waals surface area contributed by atoms with Crippen LogP contribution in [-0.2, 0) is 28.6 Å². The Labute approximate surface area is 361 Å². The summed E-state index contributed by atoms with van der Waals surface area (Å²) in [6.45, 7) is 6.50. The molecule has 0 amide bonds. The van der Waals surface area contributed by atoms with Crippen molar-refractivity contribution in [3.05, 3.63) is 0 Å². The highest BCUT2D eigenvalue weighted by molar-refractivity contribution is 5.71. The molecule has 0 fully saturated rings. The second-order valence-electron chi connectivity index (χ2n) is 17.8. The van der Waals surface area contributed by atoms with Crippen LogP contribution in [0.15, 0.2) is 0 Å². The summed E-state index contributed by atoms with van der Waals surface area (Å²) in [6, 6.07) is 0. The van der Waals surface area contributed by atoms with Crippen LogP contribution in [0.5, 0.6) is 0 Å². The van der Waals surface area contributed by atoms with Crippen LogP contribution in [-0.4, -0.2) is 37.2 Å². The van der Waals surface area contributed by atoms with Crippen LogP contribution in [0.2, 0.25) is 0 Å². The predicted molar refractivity (Wildman–Crippen MR) is 247 cm³/mol. The fraction of sp³-hybridized carbons (Fsp3) is 0.942. The van der Waals surface area contributed by atoms with Gasteiger partial charge in [-0.3, -0.25) is 14.4 Å². The summed E-state index contributed by atoms with van der Waals surface area (Å²) in [7, 11) is 0. The molecule has 6 heteroatoms. The van der Waals surface area contributed by atoms with Crippen molar-refractivity contribution in [2.24, 2.45) is 0 Å². The molecule has 0 heterocycles. The van der Waals surface area contributed by atoms with Crippen molar-refractivity contribution < 1.29 is 28.6 Å². The lowest BCUT2D eigenvalue weighted by atomic mass is 10.0. The molecule has 0 aliphatic rings. The average Bonchev–Trinajstić information content (AvgIpc) is 3.22. The molecule has 0 aromatic rings. The van der Waals surface area contributed by atoms with E-state index >= 15 is 0 Å². The Morgan fingerprint density at radius 2 is 0.466 bits per heavy atom. The van der Waals surface area contributed by atoms with Crippen molar-refractivity contribution >= 4 is 17.9 Å². The highest BCUT2D eigenvalue weighted by atomic mass is 16.6. The maximum Gasteiger partial charge on any atom is 0.306 e. The van der Waals surface area contributed by atoms with Gasteiger partial charge in [-0.25, -0.2) is 0 Å². The zero-order valence-electron chi connectivity index (χ0n) is 39.3. The van der Waals surface area contributed by atoms with Crippen molar-refractivity contribution in [1.29, 1.82) is 0 Å². The predicted octanol–water partition coefficient (Wildman–Crippen LogP) is 16.8. The van der Waals surface area contributed by atoms with E-state index in [4.69, 9.17) is 14.2 Å². The van der Waals surface area contributed by atoms with Gasteiger partial charge < -0.3 is 14.2 Å². The van der Waals surface area contributed by atoms with Gasteiger partial charge in [0, 0.05) is 19.3 Å². The SMILES string of the molecule is CCCCCCCCCCCCCCCCCCCCCCCCCCCCCCCCC(=O)OCC(COC(=O)CCCCCCC)OC(=O)CCCCCCC. The number of hydrogen-bond donors (Lipinski definition) is 0. The quantitative estimate of drug-likeness (QED) is 0.0346. The summed E-state index contributed by atoms with van der Waals surface area (Å²) in [5, 5.41) is 0. The molecule has 0 radical (unpaired) electrons. The third-order valence-electron chi connectivity index (χ3n) is 11.9. The van der Waals surface area contributed by atoms with E-state index in [0.29, 0.717) is 19.3 Å². The van der Waals surface area contributed by atoms with Crippen molar-refractivity contribution in [2.45, 2.75) is 303 Å². The molecule has 0 saturated heterocycles. The van der Waals surface area contributed by atoms with Gasteiger partial charge in [-0.2, -0.15) is 0 Å². The largest absolute Gasteiger partial charge is 0.462 e. The van der Waals surface area contributed by atoms with Gasteiger partial charge in [-0.1, -0.05) is 258 Å². The van der Waals surface area contributed by atoms with E-state index in [9.17, 15) is 14.4 Å². The monoisotopic (exact) mass is 821 g/mol. The van der Waals surface area contributed by atoms with Gasteiger partial charge in [0.2, 0.25) is 0 Å². The summed E-state index contributed by atoms with van der Waals surface area (Å²) in [5.41, 5.74) is 0. The van der Waals surface area contributed by atoms with Gasteiger partial charge in [-0.15, -0.1) is 0 Å². The zero-order valence-corrected chi connectivity index (χ0v) is 39.3. The van der Waals surface area contributed by atoms with Gasteiger partial charge in [0.1, 0.15) is 13.2 Å². The fourth-order valence-electron chi connectivity index (χ4n) is 7.92. The Kier molecular flexibility index (Phi) is 46.8. The van der Waals surface area contributed by atoms with Gasteiger partial charge in [-0.05, 0) is 19.3 Å². The number of rotatable bonds is 48. The first kappa shape index (κ1) is 56.4. The van der Waals surface area contributed by atoms with E-state index < -0.39 is 6.10 Å². The van der Waals surface area contributed by atoms with Crippen LogP contribution in [0.3, 0.4) is 0 Å². The minimum Gasteiger partial charge on any atom is -0.462 e. The lowest BCUT2D eigenvalue weighted by Crippen LogP contribution is -2.30. The lowest BCUT2D eigenvalue weighted by Gasteiger charge is -2.18. The molecule has 0 rings (SSSR count). The van der Waals surface area contributed by atoms with Gasteiger partial charge >= 0.3 is 17.9 Å². The molecule has 0 N–H and O–H groups in total. The summed E-state index contributed by atoms with van der Waals surface area (Å²) in [4.78, 5) is 37.2. The molecular formula is C52H100O6. The first-order valence-corrected chi connectivity index (χ1v) is 26.0. The van der Waals surface area contributed by atoms with E-state index in [0.717, 1.165) is 70.6 Å². The second kappa shape index (κ2) is 48.1. The molecule has 58 heavy (non-hydrogen) atoms. The van der Waals surface area contributed by atoms with E-state index in [2.05, 4.69) is 20.8 Å². The van der Waals surface area contributed by atoms with Crippen LogP contribution in [0.1, 0.15) is 297 Å². The van der Waals surface area contributed by atoms with Crippen molar-refractivity contribution in [2.75, 3.05) is 13.2 Å². The van der Waals surface area contributed by atoms with E-state index in [1.165, 1.54) is 186 Å². The number of esters is 3. The summed E-state index contributed by atoms with van der Waals surface area (Å²) >= 11 is 0. The van der Waals surface area contributed by atoms with Crippen molar-refractivity contribution in [3.63, 3.8) is 0 Å². The lowest BCUT2D eigenvalue weighted by molar-refractivity contribution is -0.167. The summed E-state index contributed by atoms with van der Waals surface area (Å²) in [6.07, 6.45) is 52.1. The molecule has 1 unspecified atom stereocenters. The third-order valence-corrected chi connectivity index (χ3v) is 11.9. The van der Waals surface area contributed by atoms with Crippen LogP contribution in [0, 0.1) is 0 Å². The normalized spacial score (nSPS) is 11.8. The van der Waals surface area contributed by atoms with Crippen molar-refractivity contribution in [1.82, 2.24) is 0 Å². The molecule has 0 aromatic carbocycles. The van der Waals surface area contributed by atoms with Crippen LogP contribution < -0.4 is 0 Å². The molecule has 344 valence electrons. The number of carbonyl (C=O) groups excluding carboxylic acids is 3. The Balaban J connectivity index is 3.69. The molecule has 0 spiro atoms. The van der Waals surface area contributed by atoms with Gasteiger partial charge in [0.25, 0.3) is 0 Å². The average molecular weight is 821 g/mol. The van der Waals surface area contributed by atoms with Gasteiger partial charge in [0.15, 0.2) is 6.10 Å². The number of hydrogen-bond acceptors (Lipinski definition) is 6. The Hall–Kier alpha value is -1.59. The number of ether oxygens (including phenoxy) is 3. The molecule has 0 saturated carbocycles. The van der Waals surface area contributed by atoms with Crippen LogP contribution in [0.4, 0.5) is 0 Å². The van der Waals surface area contributed by atoms with Gasteiger partial charge in [0.05, 0.1) is 0 Å². The van der Waals surface area contributed by atoms with E-state index in [1.54, 1.807) is 0 Å². The molecule has 0 aliphatic carbocycles. The first-order valence-electron chi connectivity index (χ1n) is 26.0. The highest BCUT2D eigenvalue weighted by Crippen LogP contribution is 2.17. The molecule has 0 aliphatic heterocycles. The van der Waals surface area contributed by atoms with Crippen molar-refractivity contribution in [3.8, 4) is 0 Å². The minimum atomic E-state index is -0.755. The Bertz CT molecular complexity index is 859. The van der Waals surface area contributed by atoms with E-state index in [1.807, 2.05) is 0 Å². The minimum absolute atomic E-state index is 0.0657. The Morgan fingerprint density at radius 3 is 0.690 bits per heavy atom. The number of unbranched alkanes of at least 4 members (excludes halogenated alkanes) is 37. The molecule has 1 atom stereocenters. The molecular weight excluding hydrogens is 721 g/mol.